The van der Waals surface area contributed by atoms with E-state index in [-0.39, 0.29) is 94.2 Å². The number of benzene rings is 4. The van der Waals surface area contributed by atoms with E-state index in [9.17, 15) is 39.3 Å². The Labute approximate surface area is 349 Å². The van der Waals surface area contributed by atoms with Crippen LogP contribution in [0.15, 0.2) is 111 Å². The first kappa shape index (κ1) is 45.2. The fourth-order valence-corrected chi connectivity index (χ4v) is 5.45. The molecule has 0 saturated heterocycles. The van der Waals surface area contributed by atoms with E-state index in [1.807, 2.05) is 6.07 Å². The van der Waals surface area contributed by atoms with Gasteiger partial charge in [-0.3, -0.25) is 29.3 Å². The number of nitrogens with zero attached hydrogens (tertiary/aromatic N) is 2. The van der Waals surface area contributed by atoms with Crippen molar-refractivity contribution >= 4 is 52.3 Å². The van der Waals surface area contributed by atoms with Gasteiger partial charge in [-0.25, -0.2) is 4.79 Å². The van der Waals surface area contributed by atoms with E-state index in [1.54, 1.807) is 0 Å². The van der Waals surface area contributed by atoms with Crippen LogP contribution in [-0.2, 0) is 9.53 Å². The van der Waals surface area contributed by atoms with Crippen LogP contribution in [0.25, 0.3) is 0 Å². The number of amides is 4. The molecule has 0 bridgehead atoms. The number of hydrogen-bond acceptors (Lipinski definition) is 13. The van der Waals surface area contributed by atoms with Gasteiger partial charge in [-0.05, 0) is 60.7 Å². The second-order valence-corrected chi connectivity index (χ2v) is 12.3. The summed E-state index contributed by atoms with van der Waals surface area (Å²) in [5.74, 6) is -3.50. The third-order valence-electron chi connectivity index (χ3n) is 8.29. The number of non-ortho nitro benzene ring substituents is 1. The molecular formula is C43H40N6O12. The van der Waals surface area contributed by atoms with Gasteiger partial charge in [0.15, 0.2) is 23.0 Å². The van der Waals surface area contributed by atoms with Crippen LogP contribution < -0.4 is 40.2 Å². The van der Waals surface area contributed by atoms with Crippen molar-refractivity contribution in [2.75, 3.05) is 50.0 Å². The van der Waals surface area contributed by atoms with E-state index in [0.717, 1.165) is 12.1 Å². The number of esters is 1. The molecule has 0 aliphatic rings. The monoisotopic (exact) mass is 832 g/mol. The second-order valence-electron chi connectivity index (χ2n) is 12.3. The number of methoxy groups -OCH3 is 2. The lowest BCUT2D eigenvalue weighted by Crippen LogP contribution is -2.43. The maximum absolute atomic E-state index is 13.8. The average Bonchev–Trinajstić information content (AvgIpc) is 3.26. The van der Waals surface area contributed by atoms with Gasteiger partial charge in [-0.2, -0.15) is 5.26 Å². The molecular weight excluding hydrogens is 793 g/mol. The van der Waals surface area contributed by atoms with Crippen LogP contribution in [0.2, 0.25) is 0 Å². The molecule has 0 fully saturated rings. The Morgan fingerprint density at radius 3 is 1.72 bits per heavy atom. The van der Waals surface area contributed by atoms with Gasteiger partial charge in [0.1, 0.15) is 31.4 Å². The molecule has 0 radical (unpaired) electrons. The van der Waals surface area contributed by atoms with Gasteiger partial charge in [0.25, 0.3) is 23.4 Å². The fraction of sp³-hybridized carbons (Fsp3) is 0.163. The molecule has 4 N–H and O–H groups in total. The number of nitriles is 1. The first-order valence-electron chi connectivity index (χ1n) is 18.0. The zero-order valence-electron chi connectivity index (χ0n) is 33.0. The molecule has 0 saturated carbocycles. The summed E-state index contributed by atoms with van der Waals surface area (Å²) >= 11 is 0. The van der Waals surface area contributed by atoms with Crippen LogP contribution >= 0.6 is 0 Å². The molecule has 0 aliphatic heterocycles. The summed E-state index contributed by atoms with van der Waals surface area (Å²) in [6.07, 6.45) is 3.93. The number of carbonyl (C=O) groups is 5. The van der Waals surface area contributed by atoms with Crippen LogP contribution in [0.1, 0.15) is 47.9 Å². The lowest BCUT2D eigenvalue weighted by atomic mass is 10.1. The van der Waals surface area contributed by atoms with Crippen LogP contribution in [0.5, 0.6) is 23.0 Å². The maximum Gasteiger partial charge on any atom is 0.342 e. The summed E-state index contributed by atoms with van der Waals surface area (Å²) < 4.78 is 27.9. The highest BCUT2D eigenvalue weighted by Gasteiger charge is 2.27. The standard InChI is InChI=1S/C43H40N6O12/c1-6-23-59-35-30(41(52)47-33-20-18-31(43(54)61-25-8-3)36(38(33)58-5)60-24-7-2)17-19-32(37(35)57-4)46-39(50)26-9-13-28(14-10-26)45-42(53)34(21-22-44)48-40(51)27-11-15-29(16-12-27)49(55)56/h6-20,34H,1-3,21,23-25H2,4-5H3,(H,45,53)(H,46,50)(H,47,52)(H,48,51)/t34-/m0/s1. The molecule has 4 aromatic rings. The zero-order valence-corrected chi connectivity index (χ0v) is 33.0. The first-order valence-corrected chi connectivity index (χ1v) is 18.0. The number of carbonyl (C=O) groups excluding carboxylic acids is 5. The molecule has 0 spiro atoms. The number of nitrogens with one attached hydrogen (secondary N) is 4. The minimum Gasteiger partial charge on any atom is -0.491 e. The molecule has 0 aromatic heterocycles. The Morgan fingerprint density at radius 2 is 1.20 bits per heavy atom. The Balaban J connectivity index is 1.53. The minimum atomic E-state index is -1.28. The van der Waals surface area contributed by atoms with E-state index in [2.05, 4.69) is 41.0 Å². The van der Waals surface area contributed by atoms with Crippen molar-refractivity contribution in [3.8, 4) is 29.1 Å². The molecule has 18 nitrogen and oxygen atoms in total. The Kier molecular flexibility index (Phi) is 16.2. The summed E-state index contributed by atoms with van der Waals surface area (Å²) in [6.45, 7) is 10.7. The van der Waals surface area contributed by atoms with Crippen molar-refractivity contribution in [3.05, 3.63) is 143 Å². The van der Waals surface area contributed by atoms with Gasteiger partial charge >= 0.3 is 5.97 Å². The quantitative estimate of drug-likeness (QED) is 0.0315. The summed E-state index contributed by atoms with van der Waals surface area (Å²) in [4.78, 5) is 76.1. The van der Waals surface area contributed by atoms with Crippen molar-refractivity contribution < 1.29 is 52.6 Å². The van der Waals surface area contributed by atoms with Crippen molar-refractivity contribution in [1.29, 1.82) is 5.26 Å². The largest absolute Gasteiger partial charge is 0.491 e. The summed E-state index contributed by atoms with van der Waals surface area (Å²) in [5.41, 5.74) is 0.479. The highest BCUT2D eigenvalue weighted by atomic mass is 16.6. The zero-order chi connectivity index (χ0) is 44.5. The van der Waals surface area contributed by atoms with E-state index in [4.69, 9.17) is 23.7 Å². The lowest BCUT2D eigenvalue weighted by molar-refractivity contribution is -0.384. The van der Waals surface area contributed by atoms with Crippen LogP contribution in [0.4, 0.5) is 22.7 Å². The van der Waals surface area contributed by atoms with Crippen molar-refractivity contribution in [3.63, 3.8) is 0 Å². The number of anilines is 3. The molecule has 61 heavy (non-hydrogen) atoms. The molecule has 4 aromatic carbocycles. The Morgan fingerprint density at radius 1 is 0.689 bits per heavy atom. The SMILES string of the molecule is C=CCOC(=O)c1ccc(NC(=O)c2ccc(NC(=O)c3ccc(NC(=O)[C@H](CC#N)NC(=O)c4ccc([N+](=O)[O-])cc4)cc3)c(OC)c2OCC=C)c(OC)c1OCC=C. The highest BCUT2D eigenvalue weighted by Crippen LogP contribution is 2.42. The number of hydrogen-bond donors (Lipinski definition) is 4. The normalized spacial score (nSPS) is 10.6. The van der Waals surface area contributed by atoms with E-state index < -0.39 is 40.6 Å². The smallest absolute Gasteiger partial charge is 0.342 e. The molecule has 0 aliphatic carbocycles. The minimum absolute atomic E-state index is 0.0000147. The summed E-state index contributed by atoms with van der Waals surface area (Å²) in [5, 5.41) is 30.7. The topological polar surface area (TPSA) is 247 Å². The van der Waals surface area contributed by atoms with Crippen molar-refractivity contribution in [2.45, 2.75) is 12.5 Å². The van der Waals surface area contributed by atoms with Gasteiger partial charge in [-0.15, -0.1) is 0 Å². The number of nitro groups is 1. The van der Waals surface area contributed by atoms with Crippen LogP contribution in [0.3, 0.4) is 0 Å². The Bertz CT molecular complexity index is 2370. The predicted octanol–water partition coefficient (Wildman–Crippen LogP) is 6.24. The lowest BCUT2D eigenvalue weighted by Gasteiger charge is -2.20. The first-order chi connectivity index (χ1) is 29.4. The summed E-state index contributed by atoms with van der Waals surface area (Å²) in [7, 11) is 2.64. The maximum atomic E-state index is 13.8. The van der Waals surface area contributed by atoms with Gasteiger partial charge in [-0.1, -0.05) is 38.0 Å². The van der Waals surface area contributed by atoms with Crippen LogP contribution in [-0.4, -0.2) is 74.6 Å². The third kappa shape index (κ3) is 11.6. The number of rotatable bonds is 21. The van der Waals surface area contributed by atoms with Gasteiger partial charge in [0.05, 0.1) is 48.6 Å². The number of nitro benzene ring substituents is 1. The van der Waals surface area contributed by atoms with Crippen LogP contribution in [0, 0.1) is 21.4 Å². The molecule has 4 amide bonds. The number of ether oxygens (including phenoxy) is 5. The van der Waals surface area contributed by atoms with E-state index in [0.29, 0.717) is 0 Å². The predicted molar refractivity (Wildman–Crippen MR) is 223 cm³/mol. The Hall–Kier alpha value is -8.46. The van der Waals surface area contributed by atoms with Crippen molar-refractivity contribution in [1.82, 2.24) is 5.32 Å². The molecule has 314 valence electrons. The molecule has 0 heterocycles. The van der Waals surface area contributed by atoms with Gasteiger partial charge in [0, 0.05) is 28.9 Å². The molecule has 4 rings (SSSR count). The van der Waals surface area contributed by atoms with Gasteiger partial charge in [0.2, 0.25) is 5.91 Å². The molecule has 0 unspecified atom stereocenters. The highest BCUT2D eigenvalue weighted by molar-refractivity contribution is 6.10. The summed E-state index contributed by atoms with van der Waals surface area (Å²) in [6, 6.07) is 16.6. The van der Waals surface area contributed by atoms with Gasteiger partial charge < -0.3 is 45.0 Å². The average molecular weight is 833 g/mol. The van der Waals surface area contributed by atoms with E-state index in [1.165, 1.54) is 93.1 Å². The molecule has 18 heteroatoms. The van der Waals surface area contributed by atoms with Crippen molar-refractivity contribution in [2.24, 2.45) is 0 Å². The van der Waals surface area contributed by atoms with E-state index >= 15 is 0 Å². The molecule has 1 atom stereocenters. The third-order valence-corrected chi connectivity index (χ3v) is 8.29. The fourth-order valence-electron chi connectivity index (χ4n) is 5.45. The second kappa shape index (κ2) is 21.9.